The fourth-order valence-electron chi connectivity index (χ4n) is 2.90. The summed E-state index contributed by atoms with van der Waals surface area (Å²) in [5.74, 6) is 0.639. The van der Waals surface area contributed by atoms with Gasteiger partial charge < -0.3 is 0 Å². The second kappa shape index (κ2) is 7.09. The molecule has 0 fully saturated rings. The summed E-state index contributed by atoms with van der Waals surface area (Å²) in [6.07, 6.45) is 1.24. The van der Waals surface area contributed by atoms with Crippen molar-refractivity contribution >= 4 is 0 Å². The number of benzene rings is 1. The molecule has 0 aliphatic heterocycles. The van der Waals surface area contributed by atoms with E-state index in [0.717, 1.165) is 0 Å². The maximum Gasteiger partial charge on any atom is 0.00412 e. The molecular weight excluding hydrogens is 230 g/mol. The lowest BCUT2D eigenvalue weighted by Crippen LogP contribution is -2.38. The normalized spacial score (nSPS) is 13.6. The van der Waals surface area contributed by atoms with Crippen molar-refractivity contribution in [2.24, 2.45) is 0 Å². The van der Waals surface area contributed by atoms with Crippen LogP contribution in [0, 0.1) is 13.8 Å². The quantitative estimate of drug-likeness (QED) is 0.703. The number of hydrogen-bond donors (Lipinski definition) is 0. The Hall–Kier alpha value is -0.820. The molecule has 0 bridgehead atoms. The first kappa shape index (κ1) is 16.2. The minimum absolute atomic E-state index is 0.630. The highest BCUT2D eigenvalue weighted by Crippen LogP contribution is 2.24. The molecule has 1 aromatic rings. The van der Waals surface area contributed by atoms with E-state index >= 15 is 0 Å². The highest BCUT2D eigenvalue weighted by molar-refractivity contribution is 5.32. The lowest BCUT2D eigenvalue weighted by atomic mass is 9.92. The van der Waals surface area contributed by atoms with Gasteiger partial charge in [-0.3, -0.25) is 4.90 Å². The molecule has 0 radical (unpaired) electrons. The zero-order valence-electron chi connectivity index (χ0n) is 13.8. The molecule has 0 heterocycles. The molecule has 1 rings (SSSR count). The molecule has 1 unspecified atom stereocenters. The summed E-state index contributed by atoms with van der Waals surface area (Å²) in [7, 11) is 0. The summed E-state index contributed by atoms with van der Waals surface area (Å²) in [5.41, 5.74) is 4.32. The van der Waals surface area contributed by atoms with Gasteiger partial charge in [0.05, 0.1) is 0 Å². The highest BCUT2D eigenvalue weighted by atomic mass is 15.2. The van der Waals surface area contributed by atoms with Gasteiger partial charge in [-0.25, -0.2) is 0 Å². The molecule has 1 aromatic carbocycles. The van der Waals surface area contributed by atoms with Crippen LogP contribution in [0.15, 0.2) is 18.2 Å². The molecule has 1 atom stereocenters. The molecule has 0 aliphatic carbocycles. The Labute approximate surface area is 120 Å². The summed E-state index contributed by atoms with van der Waals surface area (Å²) in [5, 5.41) is 0. The van der Waals surface area contributed by atoms with E-state index in [1.165, 1.54) is 29.7 Å². The Morgan fingerprint density at radius 2 is 1.53 bits per heavy atom. The molecule has 1 nitrogen and oxygen atoms in total. The predicted octanol–water partition coefficient (Wildman–Crippen LogP) is 4.92. The topological polar surface area (TPSA) is 3.24 Å². The lowest BCUT2D eigenvalue weighted by molar-refractivity contribution is 0.169. The van der Waals surface area contributed by atoms with Gasteiger partial charge in [0.15, 0.2) is 0 Å². The van der Waals surface area contributed by atoms with Crippen molar-refractivity contribution < 1.29 is 0 Å². The van der Waals surface area contributed by atoms with Crippen molar-refractivity contribution in [3.8, 4) is 0 Å². The highest BCUT2D eigenvalue weighted by Gasteiger charge is 2.16. The van der Waals surface area contributed by atoms with E-state index in [1.54, 1.807) is 0 Å². The first-order chi connectivity index (χ1) is 8.82. The fourth-order valence-corrected chi connectivity index (χ4v) is 2.90. The van der Waals surface area contributed by atoms with Gasteiger partial charge in [-0.1, -0.05) is 30.7 Å². The van der Waals surface area contributed by atoms with Gasteiger partial charge in [0, 0.05) is 12.1 Å². The summed E-state index contributed by atoms with van der Waals surface area (Å²) in [6, 6.07) is 8.08. The van der Waals surface area contributed by atoms with Gasteiger partial charge in [0.1, 0.15) is 0 Å². The van der Waals surface area contributed by atoms with Crippen LogP contribution in [0.4, 0.5) is 0 Å². The van der Waals surface area contributed by atoms with Gasteiger partial charge in [-0.05, 0) is 71.6 Å². The molecule has 0 N–H and O–H groups in total. The smallest absolute Gasteiger partial charge is 0.00412 e. The maximum atomic E-state index is 2.58. The van der Waals surface area contributed by atoms with E-state index in [2.05, 4.69) is 71.6 Å². The van der Waals surface area contributed by atoms with E-state index in [4.69, 9.17) is 0 Å². The fraction of sp³-hybridized carbons (Fsp3) is 0.667. The minimum atomic E-state index is 0.630. The van der Waals surface area contributed by atoms with Crippen molar-refractivity contribution in [1.82, 2.24) is 4.90 Å². The average molecular weight is 261 g/mol. The van der Waals surface area contributed by atoms with Gasteiger partial charge >= 0.3 is 0 Å². The van der Waals surface area contributed by atoms with Gasteiger partial charge in [0.2, 0.25) is 0 Å². The largest absolute Gasteiger partial charge is 0.299 e. The number of nitrogens with zero attached hydrogens (tertiary/aromatic N) is 1. The van der Waals surface area contributed by atoms with Crippen molar-refractivity contribution in [2.75, 3.05) is 6.54 Å². The Morgan fingerprint density at radius 3 is 2.05 bits per heavy atom. The zero-order valence-corrected chi connectivity index (χ0v) is 13.8. The van der Waals surface area contributed by atoms with Gasteiger partial charge in [-0.2, -0.15) is 0 Å². The Morgan fingerprint density at radius 1 is 0.947 bits per heavy atom. The molecule has 0 amide bonds. The summed E-state index contributed by atoms with van der Waals surface area (Å²) in [4.78, 5) is 2.58. The average Bonchev–Trinajstić information content (AvgIpc) is 2.31. The van der Waals surface area contributed by atoms with Crippen molar-refractivity contribution in [3.05, 3.63) is 34.9 Å². The molecule has 0 aliphatic rings. The Kier molecular flexibility index (Phi) is 6.06. The first-order valence-corrected chi connectivity index (χ1v) is 7.65. The molecule has 108 valence electrons. The van der Waals surface area contributed by atoms with E-state index in [-0.39, 0.29) is 0 Å². The second-order valence-electron chi connectivity index (χ2n) is 6.48. The van der Waals surface area contributed by atoms with E-state index in [9.17, 15) is 0 Å². The van der Waals surface area contributed by atoms with Crippen LogP contribution in [-0.4, -0.2) is 23.5 Å². The van der Waals surface area contributed by atoms with Crippen molar-refractivity contribution in [3.63, 3.8) is 0 Å². The maximum absolute atomic E-state index is 2.58. The van der Waals surface area contributed by atoms with Crippen molar-refractivity contribution in [1.29, 1.82) is 0 Å². The van der Waals surface area contributed by atoms with Crippen LogP contribution in [0.2, 0.25) is 0 Å². The van der Waals surface area contributed by atoms with Crippen LogP contribution in [-0.2, 0) is 0 Å². The van der Waals surface area contributed by atoms with E-state index in [1.807, 2.05) is 0 Å². The van der Waals surface area contributed by atoms with E-state index < -0.39 is 0 Å². The molecular formula is C18H31N. The first-order valence-electron chi connectivity index (χ1n) is 7.65. The number of hydrogen-bond acceptors (Lipinski definition) is 1. The molecule has 0 saturated heterocycles. The van der Waals surface area contributed by atoms with Crippen LogP contribution in [0.5, 0.6) is 0 Å². The lowest BCUT2D eigenvalue weighted by Gasteiger charge is -2.31. The molecule has 0 saturated carbocycles. The van der Waals surface area contributed by atoms with Gasteiger partial charge in [-0.15, -0.1) is 0 Å². The van der Waals surface area contributed by atoms with Crippen LogP contribution in [0.3, 0.4) is 0 Å². The molecule has 1 heteroatoms. The van der Waals surface area contributed by atoms with Crippen LogP contribution < -0.4 is 0 Å². The molecule has 0 aromatic heterocycles. The third-order valence-electron chi connectivity index (χ3n) is 4.11. The predicted molar refractivity (Wildman–Crippen MR) is 85.9 cm³/mol. The molecule has 19 heavy (non-hydrogen) atoms. The van der Waals surface area contributed by atoms with Crippen LogP contribution >= 0.6 is 0 Å². The zero-order chi connectivity index (χ0) is 14.6. The third-order valence-corrected chi connectivity index (χ3v) is 4.11. The monoisotopic (exact) mass is 261 g/mol. The Balaban J connectivity index is 2.69. The summed E-state index contributed by atoms with van der Waals surface area (Å²) in [6.45, 7) is 17.1. The summed E-state index contributed by atoms with van der Waals surface area (Å²) >= 11 is 0. The molecule has 0 spiro atoms. The van der Waals surface area contributed by atoms with Crippen molar-refractivity contribution in [2.45, 2.75) is 72.9 Å². The SMILES string of the molecule is Cc1ccc(C)c(C(C)CCN(C(C)C)C(C)C)c1. The van der Waals surface area contributed by atoms with Crippen LogP contribution in [0.1, 0.15) is 63.6 Å². The number of rotatable bonds is 6. The third kappa shape index (κ3) is 4.65. The van der Waals surface area contributed by atoms with E-state index in [0.29, 0.717) is 18.0 Å². The standard InChI is InChI=1S/C18H31N/c1-13(2)19(14(3)4)11-10-17(7)18-12-15(5)8-9-16(18)6/h8-9,12-14,17H,10-11H2,1-7H3. The van der Waals surface area contributed by atoms with Gasteiger partial charge in [0.25, 0.3) is 0 Å². The minimum Gasteiger partial charge on any atom is -0.299 e. The number of aryl methyl sites for hydroxylation is 2. The summed E-state index contributed by atoms with van der Waals surface area (Å²) < 4.78 is 0. The van der Waals surface area contributed by atoms with Crippen LogP contribution in [0.25, 0.3) is 0 Å². The second-order valence-corrected chi connectivity index (χ2v) is 6.48. The Bertz CT molecular complexity index is 385.